The van der Waals surface area contributed by atoms with Gasteiger partial charge < -0.3 is 9.84 Å². The lowest BCUT2D eigenvalue weighted by atomic mass is 10.1. The molecule has 0 fully saturated rings. The highest BCUT2D eigenvalue weighted by molar-refractivity contribution is 5.32. The number of rotatable bonds is 3. The summed E-state index contributed by atoms with van der Waals surface area (Å²) >= 11 is 0. The summed E-state index contributed by atoms with van der Waals surface area (Å²) in [5, 5.41) is 8.56. The number of aliphatic hydroxyl groups excluding tert-OH is 1. The van der Waals surface area contributed by atoms with Gasteiger partial charge in [0.1, 0.15) is 5.82 Å². The van der Waals surface area contributed by atoms with Gasteiger partial charge in [0.05, 0.1) is 7.11 Å². The van der Waals surface area contributed by atoms with Crippen molar-refractivity contribution in [2.75, 3.05) is 13.7 Å². The van der Waals surface area contributed by atoms with Crippen molar-refractivity contribution >= 4 is 0 Å². The van der Waals surface area contributed by atoms with E-state index in [0.29, 0.717) is 0 Å². The van der Waals surface area contributed by atoms with Crippen LogP contribution in [0.2, 0.25) is 0 Å². The molecule has 13 heavy (non-hydrogen) atoms. The maximum Gasteiger partial charge on any atom is 0.171 e. The van der Waals surface area contributed by atoms with E-state index in [0.717, 1.165) is 6.07 Å². The quantitative estimate of drug-likeness (QED) is 0.779. The molecule has 0 radical (unpaired) electrons. The molecule has 4 heteroatoms. The SMILES string of the molecule is COc1ccc(F)c(CCO)c1F. The van der Waals surface area contributed by atoms with Crippen LogP contribution in [-0.2, 0) is 6.42 Å². The van der Waals surface area contributed by atoms with Crippen molar-refractivity contribution in [1.29, 1.82) is 0 Å². The van der Waals surface area contributed by atoms with E-state index in [2.05, 4.69) is 4.74 Å². The minimum absolute atomic E-state index is 0.00940. The van der Waals surface area contributed by atoms with Gasteiger partial charge in [0.25, 0.3) is 0 Å². The third-order valence-corrected chi connectivity index (χ3v) is 1.73. The Balaban J connectivity index is 3.13. The third-order valence-electron chi connectivity index (χ3n) is 1.73. The highest BCUT2D eigenvalue weighted by Gasteiger charge is 2.12. The molecule has 0 aliphatic carbocycles. The molecule has 0 spiro atoms. The van der Waals surface area contributed by atoms with Crippen molar-refractivity contribution in [3.8, 4) is 5.75 Å². The molecular weight excluding hydrogens is 178 g/mol. The van der Waals surface area contributed by atoms with Gasteiger partial charge in [-0.25, -0.2) is 8.78 Å². The Morgan fingerprint density at radius 1 is 1.38 bits per heavy atom. The van der Waals surface area contributed by atoms with E-state index in [9.17, 15) is 8.78 Å². The Morgan fingerprint density at radius 3 is 2.62 bits per heavy atom. The molecular formula is C9H10F2O2. The molecule has 0 unspecified atom stereocenters. The molecule has 72 valence electrons. The number of benzene rings is 1. The van der Waals surface area contributed by atoms with Gasteiger partial charge in [-0.15, -0.1) is 0 Å². The number of aliphatic hydroxyl groups is 1. The van der Waals surface area contributed by atoms with Gasteiger partial charge in [0.2, 0.25) is 0 Å². The summed E-state index contributed by atoms with van der Waals surface area (Å²) in [6, 6.07) is 2.33. The first-order valence-electron chi connectivity index (χ1n) is 3.82. The fraction of sp³-hybridized carbons (Fsp3) is 0.333. The maximum atomic E-state index is 13.2. The summed E-state index contributed by atoms with van der Waals surface area (Å²) in [4.78, 5) is 0. The van der Waals surface area contributed by atoms with Crippen molar-refractivity contribution in [2.45, 2.75) is 6.42 Å². The van der Waals surface area contributed by atoms with Gasteiger partial charge in [-0.3, -0.25) is 0 Å². The fourth-order valence-corrected chi connectivity index (χ4v) is 1.07. The molecule has 0 saturated carbocycles. The molecule has 0 aliphatic rings. The van der Waals surface area contributed by atoms with Gasteiger partial charge in [-0.2, -0.15) is 0 Å². The van der Waals surface area contributed by atoms with E-state index in [4.69, 9.17) is 5.11 Å². The van der Waals surface area contributed by atoms with Gasteiger partial charge >= 0.3 is 0 Å². The van der Waals surface area contributed by atoms with Crippen LogP contribution in [0.3, 0.4) is 0 Å². The predicted molar refractivity (Wildman–Crippen MR) is 43.7 cm³/mol. The summed E-state index contributed by atoms with van der Waals surface area (Å²) in [6.45, 7) is -0.291. The minimum atomic E-state index is -0.739. The van der Waals surface area contributed by atoms with E-state index in [-0.39, 0.29) is 24.3 Å². The smallest absolute Gasteiger partial charge is 0.171 e. The second-order valence-corrected chi connectivity index (χ2v) is 2.52. The van der Waals surface area contributed by atoms with Crippen LogP contribution in [0.15, 0.2) is 12.1 Å². The molecule has 1 aromatic carbocycles. The summed E-state index contributed by atoms with van der Waals surface area (Å²) in [7, 11) is 1.30. The van der Waals surface area contributed by atoms with Crippen LogP contribution in [0.5, 0.6) is 5.75 Å². The van der Waals surface area contributed by atoms with Crippen LogP contribution in [-0.4, -0.2) is 18.8 Å². The highest BCUT2D eigenvalue weighted by atomic mass is 19.1. The van der Waals surface area contributed by atoms with E-state index in [1.165, 1.54) is 13.2 Å². The van der Waals surface area contributed by atoms with Gasteiger partial charge in [0, 0.05) is 18.6 Å². The molecule has 0 heterocycles. The predicted octanol–water partition coefficient (Wildman–Crippen LogP) is 1.51. The molecule has 0 bridgehead atoms. The summed E-state index contributed by atoms with van der Waals surface area (Å²) in [5.74, 6) is -1.41. The number of hydrogen-bond donors (Lipinski definition) is 1. The van der Waals surface area contributed by atoms with Crippen LogP contribution in [0.4, 0.5) is 8.78 Å². The standard InChI is InChI=1S/C9H10F2O2/c1-13-8-3-2-7(10)6(4-5-12)9(8)11/h2-3,12H,4-5H2,1H3. The van der Waals surface area contributed by atoms with Crippen molar-refractivity contribution in [2.24, 2.45) is 0 Å². The molecule has 1 rings (SSSR count). The first-order chi connectivity index (χ1) is 6.20. The monoisotopic (exact) mass is 188 g/mol. The van der Waals surface area contributed by atoms with Crippen LogP contribution < -0.4 is 4.74 Å². The van der Waals surface area contributed by atoms with Crippen LogP contribution in [0, 0.1) is 11.6 Å². The molecule has 0 saturated heterocycles. The molecule has 0 aliphatic heterocycles. The minimum Gasteiger partial charge on any atom is -0.494 e. The van der Waals surface area contributed by atoms with Crippen LogP contribution in [0.1, 0.15) is 5.56 Å². The number of ether oxygens (including phenoxy) is 1. The lowest BCUT2D eigenvalue weighted by Crippen LogP contribution is -2.01. The second kappa shape index (κ2) is 4.18. The molecule has 0 aromatic heterocycles. The van der Waals surface area contributed by atoms with Crippen molar-refractivity contribution < 1.29 is 18.6 Å². The average molecular weight is 188 g/mol. The Bertz CT molecular complexity index is 300. The Hall–Kier alpha value is -1.16. The summed E-state index contributed by atoms with van der Waals surface area (Å²) in [6.07, 6.45) is -0.0468. The Morgan fingerprint density at radius 2 is 2.08 bits per heavy atom. The molecule has 0 atom stereocenters. The number of methoxy groups -OCH3 is 1. The van der Waals surface area contributed by atoms with Gasteiger partial charge in [-0.1, -0.05) is 0 Å². The zero-order valence-corrected chi connectivity index (χ0v) is 7.18. The lowest BCUT2D eigenvalue weighted by Gasteiger charge is -2.06. The van der Waals surface area contributed by atoms with E-state index in [1.54, 1.807) is 0 Å². The third kappa shape index (κ3) is 1.95. The van der Waals surface area contributed by atoms with Crippen molar-refractivity contribution in [3.63, 3.8) is 0 Å². The summed E-state index contributed by atoms with van der Waals surface area (Å²) in [5.41, 5.74) is -0.137. The van der Waals surface area contributed by atoms with E-state index < -0.39 is 11.6 Å². The zero-order chi connectivity index (χ0) is 9.84. The second-order valence-electron chi connectivity index (χ2n) is 2.52. The van der Waals surface area contributed by atoms with Gasteiger partial charge in [-0.05, 0) is 12.1 Å². The fourth-order valence-electron chi connectivity index (χ4n) is 1.07. The van der Waals surface area contributed by atoms with Crippen molar-refractivity contribution in [1.82, 2.24) is 0 Å². The topological polar surface area (TPSA) is 29.5 Å². The first-order valence-corrected chi connectivity index (χ1v) is 3.82. The maximum absolute atomic E-state index is 13.2. The molecule has 2 nitrogen and oxygen atoms in total. The van der Waals surface area contributed by atoms with E-state index in [1.807, 2.05) is 0 Å². The molecule has 1 aromatic rings. The lowest BCUT2D eigenvalue weighted by molar-refractivity contribution is 0.293. The first kappa shape index (κ1) is 9.92. The van der Waals surface area contributed by atoms with Gasteiger partial charge in [0.15, 0.2) is 11.6 Å². The zero-order valence-electron chi connectivity index (χ0n) is 7.18. The number of hydrogen-bond acceptors (Lipinski definition) is 2. The normalized spacial score (nSPS) is 10.2. The van der Waals surface area contributed by atoms with Crippen LogP contribution in [0.25, 0.3) is 0 Å². The largest absolute Gasteiger partial charge is 0.494 e. The van der Waals surface area contributed by atoms with Crippen LogP contribution >= 0.6 is 0 Å². The summed E-state index contributed by atoms with van der Waals surface area (Å²) < 4.78 is 30.9. The Kier molecular flexibility index (Phi) is 3.19. The number of halogens is 2. The van der Waals surface area contributed by atoms with Crippen molar-refractivity contribution in [3.05, 3.63) is 29.3 Å². The molecule has 0 amide bonds. The highest BCUT2D eigenvalue weighted by Crippen LogP contribution is 2.22. The average Bonchev–Trinajstić information content (AvgIpc) is 2.12. The Labute approximate surface area is 74.8 Å². The molecule has 1 N–H and O–H groups in total. The van der Waals surface area contributed by atoms with E-state index >= 15 is 0 Å².